The Bertz CT molecular complexity index is 2030. The molecule has 6 aromatic rings. The number of pyridine rings is 1. The molecule has 0 aliphatic heterocycles. The van der Waals surface area contributed by atoms with Crippen LogP contribution in [-0.4, -0.2) is 33.2 Å². The monoisotopic (exact) mass is 650 g/mol. The summed E-state index contributed by atoms with van der Waals surface area (Å²) in [5.41, 5.74) is 2.41. The summed E-state index contributed by atoms with van der Waals surface area (Å²) in [6.45, 7) is 0. The number of thiazole rings is 1. The fourth-order valence-corrected chi connectivity index (χ4v) is 5.58. The number of sulfonamides is 1. The fraction of sp³-hybridized carbons (Fsp3) is 0.0741. The van der Waals surface area contributed by atoms with Gasteiger partial charge < -0.3 is 9.72 Å². The predicted octanol–water partition coefficient (Wildman–Crippen LogP) is 7.02. The molecule has 0 amide bonds. The van der Waals surface area contributed by atoms with E-state index in [-0.39, 0.29) is 27.1 Å². The van der Waals surface area contributed by atoms with Crippen molar-refractivity contribution in [1.82, 2.24) is 24.7 Å². The van der Waals surface area contributed by atoms with Gasteiger partial charge in [-0.25, -0.2) is 23.5 Å². The number of halogens is 5. The van der Waals surface area contributed by atoms with Gasteiger partial charge in [-0.3, -0.25) is 4.68 Å². The van der Waals surface area contributed by atoms with Gasteiger partial charge in [-0.15, -0.1) is 11.3 Å². The van der Waals surface area contributed by atoms with Gasteiger partial charge in [0.25, 0.3) is 0 Å². The molecule has 0 fully saturated rings. The van der Waals surface area contributed by atoms with Crippen molar-refractivity contribution >= 4 is 43.9 Å². The van der Waals surface area contributed by atoms with Crippen molar-refractivity contribution in [2.75, 3.05) is 0 Å². The molecule has 0 radical (unpaired) electrons. The third kappa shape index (κ3) is 6.54. The average molecular weight is 651 g/mol. The van der Waals surface area contributed by atoms with E-state index in [9.17, 15) is 26.0 Å². The molecule has 0 bridgehead atoms. The molecular formula is C27H19ClF4N6O3S2. The first kappa shape index (κ1) is 30.2. The molecule has 0 saturated carbocycles. The van der Waals surface area contributed by atoms with Gasteiger partial charge in [-0.05, 0) is 36.4 Å². The van der Waals surface area contributed by atoms with Crippen LogP contribution in [0.5, 0.6) is 11.5 Å². The van der Waals surface area contributed by atoms with Crippen molar-refractivity contribution in [3.63, 3.8) is 0 Å². The van der Waals surface area contributed by atoms with E-state index in [2.05, 4.69) is 20.1 Å². The van der Waals surface area contributed by atoms with Crippen LogP contribution in [0.4, 0.5) is 17.6 Å². The summed E-state index contributed by atoms with van der Waals surface area (Å²) in [5.74, 6) is -0.476. The normalized spacial score (nSPS) is 11.8. The lowest BCUT2D eigenvalue weighted by atomic mass is 10.2. The van der Waals surface area contributed by atoms with Crippen LogP contribution in [0, 0.1) is 5.95 Å². The number of fused-ring (bicyclic) bond motifs is 1. The van der Waals surface area contributed by atoms with Crippen molar-refractivity contribution in [1.29, 1.82) is 0 Å². The number of hydrogen-bond donors (Lipinski definition) is 2. The smallest absolute Gasteiger partial charge is 0.433 e. The summed E-state index contributed by atoms with van der Waals surface area (Å²) in [5, 5.41) is 11.4. The Morgan fingerprint density at radius 1 is 1.09 bits per heavy atom. The van der Waals surface area contributed by atoms with Gasteiger partial charge in [-0.1, -0.05) is 29.8 Å². The number of aryl methyl sites for hydroxylation is 1. The summed E-state index contributed by atoms with van der Waals surface area (Å²) in [4.78, 5) is 10.4. The third-order valence-electron chi connectivity index (χ3n) is 6.00. The number of nitrogens with two attached hydrogens (primary N) is 1. The topological polar surface area (TPSA) is 129 Å². The Balaban J connectivity index is 0.000000207. The number of nitrogens with one attached hydrogen (secondary N) is 1. The summed E-state index contributed by atoms with van der Waals surface area (Å²) in [6.07, 6.45) is -3.20. The lowest BCUT2D eigenvalue weighted by Crippen LogP contribution is -2.13. The molecule has 16 heteroatoms. The van der Waals surface area contributed by atoms with Crippen LogP contribution < -0.4 is 9.88 Å². The summed E-state index contributed by atoms with van der Waals surface area (Å²) in [7, 11) is -2.13. The lowest BCUT2D eigenvalue weighted by Gasteiger charge is -2.15. The van der Waals surface area contributed by atoms with Crippen molar-refractivity contribution in [2.24, 2.45) is 12.2 Å². The number of rotatable bonds is 5. The minimum absolute atomic E-state index is 0.0209. The fourth-order valence-electron chi connectivity index (χ4n) is 4.08. The predicted molar refractivity (Wildman–Crippen MR) is 154 cm³/mol. The molecule has 43 heavy (non-hydrogen) atoms. The van der Waals surface area contributed by atoms with E-state index >= 15 is 0 Å². The maximum absolute atomic E-state index is 13.6. The van der Waals surface area contributed by atoms with Gasteiger partial charge in [0.2, 0.25) is 10.0 Å². The van der Waals surface area contributed by atoms with Crippen LogP contribution in [0.2, 0.25) is 5.02 Å². The molecule has 3 N–H and O–H groups in total. The van der Waals surface area contributed by atoms with Crippen LogP contribution in [0.25, 0.3) is 33.5 Å². The molecule has 6 rings (SSSR count). The Morgan fingerprint density at radius 3 is 2.51 bits per heavy atom. The molecule has 0 aliphatic carbocycles. The lowest BCUT2D eigenvalue weighted by molar-refractivity contribution is -0.141. The highest BCUT2D eigenvalue weighted by Gasteiger charge is 2.34. The Hall–Kier alpha value is -4.31. The largest absolute Gasteiger partial charge is 0.453 e. The van der Waals surface area contributed by atoms with Crippen LogP contribution >= 0.6 is 22.9 Å². The highest BCUT2D eigenvalue weighted by molar-refractivity contribution is 7.89. The van der Waals surface area contributed by atoms with E-state index in [4.69, 9.17) is 21.5 Å². The van der Waals surface area contributed by atoms with Gasteiger partial charge in [0.05, 0.1) is 32.3 Å². The van der Waals surface area contributed by atoms with E-state index in [0.29, 0.717) is 27.9 Å². The highest BCUT2D eigenvalue weighted by atomic mass is 35.5. The number of primary sulfonamides is 1. The molecule has 0 atom stereocenters. The maximum Gasteiger partial charge on any atom is 0.433 e. The number of benzene rings is 2. The number of nitrogens with zero attached hydrogens (tertiary/aromatic N) is 4. The Morgan fingerprint density at radius 2 is 1.86 bits per heavy atom. The van der Waals surface area contributed by atoms with Gasteiger partial charge >= 0.3 is 6.18 Å². The average Bonchev–Trinajstić information content (AvgIpc) is 3.71. The number of hydrogen-bond acceptors (Lipinski definition) is 7. The van der Waals surface area contributed by atoms with Crippen molar-refractivity contribution in [3.8, 4) is 34.1 Å². The molecular weight excluding hydrogens is 632 g/mol. The summed E-state index contributed by atoms with van der Waals surface area (Å²) < 4.78 is 82.9. The molecule has 0 saturated heterocycles. The molecule has 0 spiro atoms. The van der Waals surface area contributed by atoms with Crippen molar-refractivity contribution < 1.29 is 30.7 Å². The second kappa shape index (κ2) is 11.8. The van der Waals surface area contributed by atoms with Gasteiger partial charge in [0, 0.05) is 35.6 Å². The SMILES string of the molecule is Cn1nccc1-c1nc(C(F)(F)F)ccc1Oc1c(Cl)ccc2[nH]c(F)cc12.NS(=O)(=O)c1ccccc1-c1cscn1. The number of ether oxygens (including phenoxy) is 1. The third-order valence-corrected chi connectivity index (χ3v) is 7.85. The van der Waals surface area contributed by atoms with E-state index < -0.39 is 27.8 Å². The molecule has 2 aromatic carbocycles. The zero-order valence-electron chi connectivity index (χ0n) is 21.8. The molecule has 0 unspecified atom stereocenters. The molecule has 0 aliphatic rings. The van der Waals surface area contributed by atoms with E-state index in [1.165, 1.54) is 46.5 Å². The Labute approximate surface area is 250 Å². The van der Waals surface area contributed by atoms with Crippen LogP contribution in [0.1, 0.15) is 5.69 Å². The van der Waals surface area contributed by atoms with E-state index in [0.717, 1.165) is 12.1 Å². The standard InChI is InChI=1S/C18H11ClF4N4O.C9H8N2O2S2/c1-27-12(6-7-24-27)16-13(4-5-14(26-16)18(21,22)23)28-17-9-8-15(20)25-11(9)3-2-10(17)19;10-15(12,13)9-4-2-1-3-7(9)8-5-14-6-11-8/h2-8,25H,1H3;1-6H,(H2,10,12,13). The Kier molecular flexibility index (Phi) is 8.25. The second-order valence-corrected chi connectivity index (χ2v) is 11.5. The molecule has 4 aromatic heterocycles. The maximum atomic E-state index is 13.6. The first-order valence-corrected chi connectivity index (χ1v) is 14.9. The summed E-state index contributed by atoms with van der Waals surface area (Å²) in [6, 6.07) is 14.3. The zero-order chi connectivity index (χ0) is 30.9. The molecule has 9 nitrogen and oxygen atoms in total. The second-order valence-electron chi connectivity index (χ2n) is 8.85. The minimum atomic E-state index is -4.63. The first-order valence-electron chi connectivity index (χ1n) is 12.0. The summed E-state index contributed by atoms with van der Waals surface area (Å²) >= 11 is 7.60. The van der Waals surface area contributed by atoms with E-state index in [1.54, 1.807) is 42.2 Å². The van der Waals surface area contributed by atoms with Crippen LogP contribution in [0.3, 0.4) is 0 Å². The molecule has 222 valence electrons. The molecule has 4 heterocycles. The van der Waals surface area contributed by atoms with E-state index in [1.807, 2.05) is 0 Å². The number of aromatic amines is 1. The highest BCUT2D eigenvalue weighted by Crippen LogP contribution is 2.41. The van der Waals surface area contributed by atoms with Crippen molar-refractivity contribution in [2.45, 2.75) is 11.1 Å². The van der Waals surface area contributed by atoms with Gasteiger partial charge in [-0.2, -0.15) is 22.7 Å². The van der Waals surface area contributed by atoms with Crippen LogP contribution in [-0.2, 0) is 23.2 Å². The zero-order valence-corrected chi connectivity index (χ0v) is 24.2. The van der Waals surface area contributed by atoms with Crippen molar-refractivity contribution in [3.05, 3.63) is 94.4 Å². The van der Waals surface area contributed by atoms with Gasteiger partial charge in [0.15, 0.2) is 17.4 Å². The number of aromatic nitrogens is 5. The first-order chi connectivity index (χ1) is 20.3. The number of H-pyrrole nitrogens is 1. The quantitative estimate of drug-likeness (QED) is 0.193. The van der Waals surface area contributed by atoms with Gasteiger partial charge in [0.1, 0.15) is 11.4 Å². The minimum Gasteiger partial charge on any atom is -0.453 e. The van der Waals surface area contributed by atoms with Crippen LogP contribution in [0.15, 0.2) is 82.6 Å². The number of alkyl halides is 3.